The minimum Gasteiger partial charge on any atom is -0.497 e. The highest BCUT2D eigenvalue weighted by atomic mass is 19.4. The van der Waals surface area contributed by atoms with Gasteiger partial charge in [-0.1, -0.05) is 5.16 Å². The second-order valence-corrected chi connectivity index (χ2v) is 4.14. The first-order chi connectivity index (χ1) is 10.3. The Morgan fingerprint density at radius 1 is 1.23 bits per heavy atom. The molecule has 0 aliphatic heterocycles. The molecule has 118 valence electrons. The van der Waals surface area contributed by atoms with E-state index in [1.807, 2.05) is 0 Å². The van der Waals surface area contributed by atoms with Crippen LogP contribution in [0.4, 0.5) is 13.2 Å². The van der Waals surface area contributed by atoms with Crippen LogP contribution in [0, 0.1) is 0 Å². The van der Waals surface area contributed by atoms with Gasteiger partial charge in [-0.05, 0) is 12.1 Å². The van der Waals surface area contributed by atoms with Gasteiger partial charge in [-0.25, -0.2) is 4.79 Å². The first-order valence-electron chi connectivity index (χ1n) is 5.81. The third-order valence-electron chi connectivity index (χ3n) is 2.80. The van der Waals surface area contributed by atoms with Gasteiger partial charge in [0.05, 0.1) is 19.8 Å². The van der Waals surface area contributed by atoms with Crippen LogP contribution in [0.15, 0.2) is 22.7 Å². The van der Waals surface area contributed by atoms with Crippen molar-refractivity contribution in [2.24, 2.45) is 0 Å². The number of rotatable bonds is 4. The molecular weight excluding hydrogens is 307 g/mol. The van der Waals surface area contributed by atoms with Crippen molar-refractivity contribution in [3.63, 3.8) is 0 Å². The molecule has 0 atom stereocenters. The number of hydrogen-bond acceptors (Lipinski definition) is 5. The van der Waals surface area contributed by atoms with Gasteiger partial charge in [-0.15, -0.1) is 0 Å². The van der Waals surface area contributed by atoms with Gasteiger partial charge in [0.15, 0.2) is 0 Å². The monoisotopic (exact) mass is 317 g/mol. The fourth-order valence-corrected chi connectivity index (χ4v) is 1.84. The maximum atomic E-state index is 13.1. The highest BCUT2D eigenvalue weighted by Crippen LogP contribution is 2.44. The van der Waals surface area contributed by atoms with Crippen LogP contribution < -0.4 is 9.47 Å². The number of aromatic carboxylic acids is 1. The third kappa shape index (κ3) is 2.83. The minimum atomic E-state index is -4.69. The van der Waals surface area contributed by atoms with Crippen LogP contribution in [0.5, 0.6) is 11.5 Å². The number of hydrogen-bond donors (Lipinski definition) is 1. The summed E-state index contributed by atoms with van der Waals surface area (Å²) in [6.45, 7) is 0. The number of aromatic nitrogens is 1. The van der Waals surface area contributed by atoms with Crippen LogP contribution in [0.3, 0.4) is 0 Å². The van der Waals surface area contributed by atoms with Crippen LogP contribution in [0.2, 0.25) is 0 Å². The largest absolute Gasteiger partial charge is 0.497 e. The average Bonchev–Trinajstić information content (AvgIpc) is 2.94. The number of carboxylic acids is 1. The molecule has 0 bridgehead atoms. The van der Waals surface area contributed by atoms with E-state index in [9.17, 15) is 18.0 Å². The highest BCUT2D eigenvalue weighted by Gasteiger charge is 2.37. The fourth-order valence-electron chi connectivity index (χ4n) is 1.84. The van der Waals surface area contributed by atoms with E-state index in [4.69, 9.17) is 14.6 Å². The standard InChI is InChI=1S/C13H10F3NO5/c1-20-6-3-7(9-5-10(12(18)19)22-17-9)11(21-2)8(4-6)13(14,15)16/h3-5H,1-2H3,(H,18,19). The van der Waals surface area contributed by atoms with Gasteiger partial charge in [-0.3, -0.25) is 0 Å². The van der Waals surface area contributed by atoms with Gasteiger partial charge in [0, 0.05) is 6.07 Å². The Kier molecular flexibility index (Phi) is 3.98. The predicted molar refractivity (Wildman–Crippen MR) is 67.0 cm³/mol. The van der Waals surface area contributed by atoms with Gasteiger partial charge in [0.1, 0.15) is 22.8 Å². The summed E-state index contributed by atoms with van der Waals surface area (Å²) in [6.07, 6.45) is -4.69. The van der Waals surface area contributed by atoms with E-state index in [0.717, 1.165) is 19.2 Å². The number of methoxy groups -OCH3 is 2. The molecule has 0 saturated heterocycles. The van der Waals surface area contributed by atoms with E-state index in [-0.39, 0.29) is 17.0 Å². The molecule has 0 saturated carbocycles. The normalized spacial score (nSPS) is 11.3. The molecule has 0 fully saturated rings. The fraction of sp³-hybridized carbons (Fsp3) is 0.231. The quantitative estimate of drug-likeness (QED) is 0.933. The van der Waals surface area contributed by atoms with E-state index >= 15 is 0 Å². The van der Waals surface area contributed by atoms with Gasteiger partial charge in [0.2, 0.25) is 5.76 Å². The highest BCUT2D eigenvalue weighted by molar-refractivity contribution is 5.86. The van der Waals surface area contributed by atoms with E-state index in [2.05, 4.69) is 9.68 Å². The zero-order valence-corrected chi connectivity index (χ0v) is 11.4. The SMILES string of the molecule is COc1cc(-c2cc(C(=O)O)on2)c(OC)c(C(F)(F)F)c1. The minimum absolute atomic E-state index is 0.0806. The van der Waals surface area contributed by atoms with Crippen molar-refractivity contribution in [1.29, 1.82) is 0 Å². The molecule has 2 aromatic rings. The summed E-state index contributed by atoms with van der Waals surface area (Å²) in [5.74, 6) is -2.48. The first-order valence-corrected chi connectivity index (χ1v) is 5.81. The molecular formula is C13H10F3NO5. The van der Waals surface area contributed by atoms with E-state index in [0.29, 0.717) is 0 Å². The molecule has 1 N–H and O–H groups in total. The second-order valence-electron chi connectivity index (χ2n) is 4.14. The van der Waals surface area contributed by atoms with Crippen molar-refractivity contribution in [2.75, 3.05) is 14.2 Å². The third-order valence-corrected chi connectivity index (χ3v) is 2.80. The molecule has 1 aromatic heterocycles. The number of carboxylic acid groups (broad SMARTS) is 1. The smallest absolute Gasteiger partial charge is 0.420 e. The average molecular weight is 317 g/mol. The lowest BCUT2D eigenvalue weighted by atomic mass is 10.0. The van der Waals surface area contributed by atoms with E-state index in [1.165, 1.54) is 13.2 Å². The molecule has 0 aliphatic carbocycles. The summed E-state index contributed by atoms with van der Waals surface area (Å²) in [6, 6.07) is 3.03. The van der Waals surface area contributed by atoms with Gasteiger partial charge in [0.25, 0.3) is 0 Å². The van der Waals surface area contributed by atoms with Gasteiger partial charge >= 0.3 is 12.1 Å². The van der Waals surface area contributed by atoms with E-state index < -0.39 is 29.2 Å². The lowest BCUT2D eigenvalue weighted by Gasteiger charge is -2.16. The number of alkyl halides is 3. The summed E-state index contributed by atoms with van der Waals surface area (Å²) >= 11 is 0. The molecule has 1 heterocycles. The summed E-state index contributed by atoms with van der Waals surface area (Å²) < 4.78 is 53.5. The summed E-state index contributed by atoms with van der Waals surface area (Å²) in [7, 11) is 2.27. The number of carbonyl (C=O) groups is 1. The van der Waals surface area contributed by atoms with Crippen molar-refractivity contribution < 1.29 is 37.1 Å². The Balaban J connectivity index is 2.70. The predicted octanol–water partition coefficient (Wildman–Crippen LogP) is 3.08. The van der Waals surface area contributed by atoms with Crippen LogP contribution in [-0.4, -0.2) is 30.5 Å². The molecule has 0 unspecified atom stereocenters. The molecule has 0 radical (unpaired) electrons. The molecule has 6 nitrogen and oxygen atoms in total. The summed E-state index contributed by atoms with van der Waals surface area (Å²) in [4.78, 5) is 10.8. The van der Waals surface area contributed by atoms with Gasteiger partial charge < -0.3 is 19.1 Å². The maximum Gasteiger partial charge on any atom is 0.420 e. The first kappa shape index (κ1) is 15.7. The van der Waals surface area contributed by atoms with Crippen LogP contribution >= 0.6 is 0 Å². The van der Waals surface area contributed by atoms with Crippen LogP contribution in [0.25, 0.3) is 11.3 Å². The van der Waals surface area contributed by atoms with Crippen molar-refractivity contribution in [3.8, 4) is 22.8 Å². The van der Waals surface area contributed by atoms with Crippen LogP contribution in [-0.2, 0) is 6.18 Å². The molecule has 22 heavy (non-hydrogen) atoms. The topological polar surface area (TPSA) is 81.8 Å². The Morgan fingerprint density at radius 2 is 1.91 bits per heavy atom. The Morgan fingerprint density at radius 3 is 2.36 bits per heavy atom. The molecule has 2 rings (SSSR count). The van der Waals surface area contributed by atoms with Crippen molar-refractivity contribution in [3.05, 3.63) is 29.5 Å². The number of ether oxygens (including phenoxy) is 2. The Hall–Kier alpha value is -2.71. The molecule has 1 aromatic carbocycles. The van der Waals surface area contributed by atoms with Crippen molar-refractivity contribution in [1.82, 2.24) is 5.16 Å². The lowest BCUT2D eigenvalue weighted by molar-refractivity contribution is -0.138. The van der Waals surface area contributed by atoms with Crippen molar-refractivity contribution >= 4 is 5.97 Å². The Bertz CT molecular complexity index is 708. The van der Waals surface area contributed by atoms with Crippen molar-refractivity contribution in [2.45, 2.75) is 6.18 Å². The number of benzene rings is 1. The summed E-state index contributed by atoms with van der Waals surface area (Å²) in [5.41, 5.74) is -1.27. The number of halogens is 3. The number of nitrogens with zero attached hydrogens (tertiary/aromatic N) is 1. The zero-order chi connectivity index (χ0) is 16.5. The second kappa shape index (κ2) is 5.58. The van der Waals surface area contributed by atoms with Gasteiger partial charge in [-0.2, -0.15) is 13.2 Å². The van der Waals surface area contributed by atoms with E-state index in [1.54, 1.807) is 0 Å². The molecule has 0 spiro atoms. The molecule has 0 amide bonds. The van der Waals surface area contributed by atoms with Crippen LogP contribution in [0.1, 0.15) is 16.1 Å². The molecule has 0 aliphatic rings. The zero-order valence-electron chi connectivity index (χ0n) is 11.4. The molecule has 9 heteroatoms. The Labute approximate surface area is 122 Å². The maximum absolute atomic E-state index is 13.1. The summed E-state index contributed by atoms with van der Waals surface area (Å²) in [5, 5.41) is 12.2. The lowest BCUT2D eigenvalue weighted by Crippen LogP contribution is -2.09.